The van der Waals surface area contributed by atoms with Crippen LogP contribution in [0.5, 0.6) is 0 Å². The molecule has 0 aromatic rings. The minimum absolute atomic E-state index is 0.0233. The Morgan fingerprint density at radius 1 is 1.50 bits per heavy atom. The molecule has 0 atom stereocenters. The van der Waals surface area contributed by atoms with Crippen molar-refractivity contribution in [2.45, 2.75) is 13.8 Å². The number of ketones is 1. The molecule has 12 heavy (non-hydrogen) atoms. The maximum absolute atomic E-state index is 11.1. The van der Waals surface area contributed by atoms with Crippen molar-refractivity contribution in [1.82, 2.24) is 0 Å². The lowest BCUT2D eigenvalue weighted by Crippen LogP contribution is -2.01. The number of ether oxygens (including phenoxy) is 1. The number of allylic oxidation sites excluding steroid dienone is 4. The Hall–Kier alpha value is -1.31. The highest BCUT2D eigenvalue weighted by atomic mass is 16.5. The number of carbonyl (C=O) groups is 1. The number of rotatable bonds is 4. The van der Waals surface area contributed by atoms with E-state index in [1.165, 1.54) is 14.0 Å². The van der Waals surface area contributed by atoms with E-state index in [0.29, 0.717) is 11.3 Å². The van der Waals surface area contributed by atoms with E-state index in [1.807, 2.05) is 6.92 Å². The largest absolute Gasteiger partial charge is 0.496 e. The van der Waals surface area contributed by atoms with Crippen LogP contribution >= 0.6 is 0 Å². The first kappa shape index (κ1) is 10.7. The average Bonchev–Trinajstić information content (AvgIpc) is 2.05. The van der Waals surface area contributed by atoms with Gasteiger partial charge in [0.25, 0.3) is 0 Å². The molecule has 2 heteroatoms. The fourth-order valence-corrected chi connectivity index (χ4v) is 0.874. The van der Waals surface area contributed by atoms with Crippen molar-refractivity contribution in [3.05, 3.63) is 36.1 Å². The first-order valence-electron chi connectivity index (χ1n) is 3.71. The van der Waals surface area contributed by atoms with Crippen LogP contribution in [0.15, 0.2) is 36.1 Å². The van der Waals surface area contributed by atoms with Crippen LogP contribution in [0.2, 0.25) is 0 Å². The zero-order valence-corrected chi connectivity index (χ0v) is 7.76. The van der Waals surface area contributed by atoms with Crippen molar-refractivity contribution < 1.29 is 9.53 Å². The predicted molar refractivity (Wildman–Crippen MR) is 49.7 cm³/mol. The molecule has 0 bridgehead atoms. The summed E-state index contributed by atoms with van der Waals surface area (Å²) < 4.78 is 5.00. The average molecular weight is 166 g/mol. The lowest BCUT2D eigenvalue weighted by molar-refractivity contribution is -0.113. The molecule has 0 aromatic heterocycles. The van der Waals surface area contributed by atoms with E-state index < -0.39 is 0 Å². The first-order chi connectivity index (χ1) is 5.67. The molecule has 2 nitrogen and oxygen atoms in total. The van der Waals surface area contributed by atoms with Crippen molar-refractivity contribution in [2.24, 2.45) is 0 Å². The van der Waals surface area contributed by atoms with Gasteiger partial charge < -0.3 is 4.74 Å². The maximum Gasteiger partial charge on any atom is 0.163 e. The van der Waals surface area contributed by atoms with Crippen molar-refractivity contribution >= 4 is 5.78 Å². The van der Waals surface area contributed by atoms with Gasteiger partial charge in [-0.05, 0) is 26.0 Å². The summed E-state index contributed by atoms with van der Waals surface area (Å²) in [5, 5.41) is 0. The quantitative estimate of drug-likeness (QED) is 0.363. The van der Waals surface area contributed by atoms with Gasteiger partial charge in [-0.3, -0.25) is 4.79 Å². The van der Waals surface area contributed by atoms with E-state index >= 15 is 0 Å². The van der Waals surface area contributed by atoms with Gasteiger partial charge in [-0.15, -0.1) is 0 Å². The Labute approximate surface area is 73.2 Å². The Kier molecular flexibility index (Phi) is 4.77. The summed E-state index contributed by atoms with van der Waals surface area (Å²) in [5.41, 5.74) is 0.551. The molecule has 0 amide bonds. The predicted octanol–water partition coefficient (Wildman–Crippen LogP) is 2.24. The summed E-state index contributed by atoms with van der Waals surface area (Å²) in [7, 11) is 1.54. The third-order valence-corrected chi connectivity index (χ3v) is 1.41. The summed E-state index contributed by atoms with van der Waals surface area (Å²) in [6.07, 6.45) is 4.96. The normalized spacial score (nSPS) is 12.6. The van der Waals surface area contributed by atoms with E-state index in [2.05, 4.69) is 6.58 Å². The lowest BCUT2D eigenvalue weighted by atomic mass is 10.1. The second-order valence-electron chi connectivity index (χ2n) is 2.23. The van der Waals surface area contributed by atoms with Crippen LogP contribution in [-0.4, -0.2) is 12.9 Å². The lowest BCUT2D eigenvalue weighted by Gasteiger charge is -2.05. The zero-order chi connectivity index (χ0) is 9.56. The molecule has 0 N–H and O–H groups in total. The van der Waals surface area contributed by atoms with Gasteiger partial charge in [0.2, 0.25) is 0 Å². The van der Waals surface area contributed by atoms with Gasteiger partial charge in [0, 0.05) is 0 Å². The molecular formula is C10H14O2. The standard InChI is InChI=1S/C10H14O2/c1-5-7-9(8(3)11)10(6-2)12-4/h5-7H,1H2,2-4H3/b9-7-,10-6+. The van der Waals surface area contributed by atoms with Crippen LogP contribution in [0.4, 0.5) is 0 Å². The van der Waals surface area contributed by atoms with E-state index in [1.54, 1.807) is 18.2 Å². The van der Waals surface area contributed by atoms with Crippen molar-refractivity contribution in [2.75, 3.05) is 7.11 Å². The summed E-state index contributed by atoms with van der Waals surface area (Å²) in [6, 6.07) is 0. The number of hydrogen-bond donors (Lipinski definition) is 0. The number of methoxy groups -OCH3 is 1. The fourth-order valence-electron chi connectivity index (χ4n) is 0.874. The zero-order valence-electron chi connectivity index (χ0n) is 7.76. The van der Waals surface area contributed by atoms with Gasteiger partial charge in [-0.2, -0.15) is 0 Å². The highest BCUT2D eigenvalue weighted by Gasteiger charge is 2.07. The SMILES string of the molecule is C=C/C=C(C(C)=O)\C(=C/C)OC. The Morgan fingerprint density at radius 3 is 2.33 bits per heavy atom. The van der Waals surface area contributed by atoms with Crippen LogP contribution in [0.1, 0.15) is 13.8 Å². The summed E-state index contributed by atoms with van der Waals surface area (Å²) in [5.74, 6) is 0.562. The Balaban J connectivity index is 4.86. The Morgan fingerprint density at radius 2 is 2.08 bits per heavy atom. The second kappa shape index (κ2) is 5.35. The molecule has 0 aliphatic carbocycles. The van der Waals surface area contributed by atoms with E-state index in [-0.39, 0.29) is 5.78 Å². The number of Topliss-reactive ketones (excluding diaryl/α,β-unsaturated/α-hetero) is 1. The van der Waals surface area contributed by atoms with Crippen molar-refractivity contribution in [3.63, 3.8) is 0 Å². The molecule has 0 aliphatic rings. The van der Waals surface area contributed by atoms with Gasteiger partial charge in [-0.1, -0.05) is 12.7 Å². The Bertz CT molecular complexity index is 234. The van der Waals surface area contributed by atoms with E-state index in [4.69, 9.17) is 4.74 Å². The molecule has 0 unspecified atom stereocenters. The molecule has 0 radical (unpaired) electrons. The van der Waals surface area contributed by atoms with Gasteiger partial charge in [0.05, 0.1) is 12.7 Å². The highest BCUT2D eigenvalue weighted by molar-refractivity contribution is 5.97. The summed E-state index contributed by atoms with van der Waals surface area (Å²) >= 11 is 0. The summed E-state index contributed by atoms with van der Waals surface area (Å²) in [6.45, 7) is 6.84. The molecule has 0 spiro atoms. The second-order valence-corrected chi connectivity index (χ2v) is 2.23. The van der Waals surface area contributed by atoms with Gasteiger partial charge in [-0.25, -0.2) is 0 Å². The molecule has 0 fully saturated rings. The topological polar surface area (TPSA) is 26.3 Å². The van der Waals surface area contributed by atoms with Gasteiger partial charge in [0.1, 0.15) is 5.76 Å². The number of carbonyl (C=O) groups excluding carboxylic acids is 1. The van der Waals surface area contributed by atoms with Gasteiger partial charge in [0.15, 0.2) is 5.78 Å². The molecule has 0 heterocycles. The molecule has 66 valence electrons. The molecule has 0 rings (SSSR count). The van der Waals surface area contributed by atoms with Crippen LogP contribution < -0.4 is 0 Å². The molecule has 0 saturated carbocycles. The van der Waals surface area contributed by atoms with Crippen molar-refractivity contribution in [1.29, 1.82) is 0 Å². The molecular weight excluding hydrogens is 152 g/mol. The van der Waals surface area contributed by atoms with Crippen LogP contribution in [0, 0.1) is 0 Å². The van der Waals surface area contributed by atoms with E-state index in [0.717, 1.165) is 0 Å². The van der Waals surface area contributed by atoms with Crippen LogP contribution in [0.25, 0.3) is 0 Å². The van der Waals surface area contributed by atoms with E-state index in [9.17, 15) is 4.79 Å². The monoisotopic (exact) mass is 166 g/mol. The minimum atomic E-state index is -0.0233. The van der Waals surface area contributed by atoms with Crippen molar-refractivity contribution in [3.8, 4) is 0 Å². The number of hydrogen-bond acceptors (Lipinski definition) is 2. The molecule has 0 saturated heterocycles. The first-order valence-corrected chi connectivity index (χ1v) is 3.71. The third-order valence-electron chi connectivity index (χ3n) is 1.41. The molecule has 0 aliphatic heterocycles. The highest BCUT2D eigenvalue weighted by Crippen LogP contribution is 2.11. The summed E-state index contributed by atoms with van der Waals surface area (Å²) in [4.78, 5) is 11.1. The van der Waals surface area contributed by atoms with Crippen LogP contribution in [-0.2, 0) is 9.53 Å². The van der Waals surface area contributed by atoms with Crippen LogP contribution in [0.3, 0.4) is 0 Å². The van der Waals surface area contributed by atoms with Gasteiger partial charge >= 0.3 is 0 Å². The minimum Gasteiger partial charge on any atom is -0.496 e. The molecule has 0 aromatic carbocycles. The fraction of sp³-hybridized carbons (Fsp3) is 0.300. The maximum atomic E-state index is 11.1. The third kappa shape index (κ3) is 2.74. The smallest absolute Gasteiger partial charge is 0.163 e.